The van der Waals surface area contributed by atoms with Gasteiger partial charge in [0.25, 0.3) is 0 Å². The Kier molecular flexibility index (Phi) is 5.04. The molecule has 7 nitrogen and oxygen atoms in total. The lowest BCUT2D eigenvalue weighted by Gasteiger charge is -2.30. The van der Waals surface area contributed by atoms with E-state index < -0.39 is 11.8 Å². The van der Waals surface area contributed by atoms with Crippen molar-refractivity contribution < 1.29 is 23.5 Å². The summed E-state index contributed by atoms with van der Waals surface area (Å²) in [5.41, 5.74) is 4.43. The SMILES string of the molecule is COCn1c2c(c3cc(OC)ccc31)C1C(=O)N(c3ccc(C)cc3)C(=O)C1CC2c1ccco1. The summed E-state index contributed by atoms with van der Waals surface area (Å²) in [6.45, 7) is 2.30. The van der Waals surface area contributed by atoms with Crippen molar-refractivity contribution in [1.82, 2.24) is 4.57 Å². The van der Waals surface area contributed by atoms with E-state index in [0.717, 1.165) is 33.5 Å². The fraction of sp³-hybridized carbons (Fsp3) is 0.286. The van der Waals surface area contributed by atoms with Crippen LogP contribution in [0.1, 0.15) is 40.8 Å². The van der Waals surface area contributed by atoms with Gasteiger partial charge in [0.1, 0.15) is 18.2 Å². The summed E-state index contributed by atoms with van der Waals surface area (Å²) in [4.78, 5) is 29.1. The second-order valence-corrected chi connectivity index (χ2v) is 9.26. The highest BCUT2D eigenvalue weighted by molar-refractivity contribution is 6.25. The molecule has 6 rings (SSSR count). The molecule has 1 aliphatic heterocycles. The first-order valence-electron chi connectivity index (χ1n) is 11.7. The van der Waals surface area contributed by atoms with Gasteiger partial charge >= 0.3 is 0 Å². The van der Waals surface area contributed by atoms with Gasteiger partial charge in [-0.3, -0.25) is 9.59 Å². The molecule has 2 aliphatic rings. The third kappa shape index (κ3) is 3.15. The monoisotopic (exact) mass is 470 g/mol. The Morgan fingerprint density at radius 3 is 2.51 bits per heavy atom. The summed E-state index contributed by atoms with van der Waals surface area (Å²) in [5.74, 6) is -0.158. The van der Waals surface area contributed by atoms with Gasteiger partial charge in [0.2, 0.25) is 11.8 Å². The average molecular weight is 471 g/mol. The topological polar surface area (TPSA) is 73.9 Å². The third-order valence-electron chi connectivity index (χ3n) is 7.35. The van der Waals surface area contributed by atoms with E-state index in [0.29, 0.717) is 24.6 Å². The molecule has 1 saturated heterocycles. The van der Waals surface area contributed by atoms with Gasteiger partial charge in [0.05, 0.1) is 42.3 Å². The minimum Gasteiger partial charge on any atom is -0.497 e. The third-order valence-corrected chi connectivity index (χ3v) is 7.35. The molecule has 0 spiro atoms. The molecule has 3 heterocycles. The summed E-state index contributed by atoms with van der Waals surface area (Å²) in [6, 6.07) is 17.1. The van der Waals surface area contributed by atoms with Crippen molar-refractivity contribution >= 4 is 28.4 Å². The number of aromatic nitrogens is 1. The van der Waals surface area contributed by atoms with Gasteiger partial charge in [0.15, 0.2) is 0 Å². The number of aryl methyl sites for hydroxylation is 1. The summed E-state index contributed by atoms with van der Waals surface area (Å²) in [7, 11) is 3.27. The van der Waals surface area contributed by atoms with E-state index in [4.69, 9.17) is 13.9 Å². The Balaban J connectivity index is 1.61. The van der Waals surface area contributed by atoms with Gasteiger partial charge in [-0.25, -0.2) is 4.90 Å². The van der Waals surface area contributed by atoms with Crippen molar-refractivity contribution in [2.24, 2.45) is 5.92 Å². The predicted molar refractivity (Wildman–Crippen MR) is 131 cm³/mol. The van der Waals surface area contributed by atoms with Crippen LogP contribution in [0.5, 0.6) is 5.75 Å². The van der Waals surface area contributed by atoms with Crippen molar-refractivity contribution in [2.75, 3.05) is 19.1 Å². The van der Waals surface area contributed by atoms with Crippen LogP contribution in [0, 0.1) is 12.8 Å². The molecule has 2 amide bonds. The van der Waals surface area contributed by atoms with E-state index in [1.165, 1.54) is 4.90 Å². The molecule has 1 fully saturated rings. The Labute approximate surface area is 202 Å². The van der Waals surface area contributed by atoms with Crippen LogP contribution in [0.15, 0.2) is 65.3 Å². The van der Waals surface area contributed by atoms with Crippen molar-refractivity contribution in [1.29, 1.82) is 0 Å². The van der Waals surface area contributed by atoms with E-state index in [-0.39, 0.29) is 17.7 Å². The van der Waals surface area contributed by atoms with Crippen LogP contribution in [-0.4, -0.2) is 30.6 Å². The molecule has 0 N–H and O–H groups in total. The van der Waals surface area contributed by atoms with Crippen LogP contribution >= 0.6 is 0 Å². The molecule has 1 aliphatic carbocycles. The van der Waals surface area contributed by atoms with Crippen LogP contribution in [0.4, 0.5) is 5.69 Å². The molecule has 178 valence electrons. The predicted octanol–water partition coefficient (Wildman–Crippen LogP) is 4.96. The highest BCUT2D eigenvalue weighted by Crippen LogP contribution is 2.54. The fourth-order valence-electron chi connectivity index (χ4n) is 5.82. The number of amides is 2. The second kappa shape index (κ2) is 8.13. The highest BCUT2D eigenvalue weighted by Gasteiger charge is 2.55. The molecule has 7 heteroatoms. The number of benzene rings is 2. The van der Waals surface area contributed by atoms with Gasteiger partial charge in [-0.1, -0.05) is 17.7 Å². The Hall–Kier alpha value is -3.84. The Morgan fingerprint density at radius 1 is 1.03 bits per heavy atom. The molecular weight excluding hydrogens is 444 g/mol. The molecule has 0 radical (unpaired) electrons. The molecule has 3 atom stereocenters. The number of fused-ring (bicyclic) bond motifs is 5. The van der Waals surface area contributed by atoms with Gasteiger partial charge in [-0.2, -0.15) is 0 Å². The number of rotatable bonds is 5. The molecule has 35 heavy (non-hydrogen) atoms. The van der Waals surface area contributed by atoms with Crippen LogP contribution < -0.4 is 9.64 Å². The fourth-order valence-corrected chi connectivity index (χ4v) is 5.82. The van der Waals surface area contributed by atoms with Crippen LogP contribution in [-0.2, 0) is 21.1 Å². The molecule has 0 saturated carbocycles. The largest absolute Gasteiger partial charge is 0.497 e. The smallest absolute Gasteiger partial charge is 0.242 e. The van der Waals surface area contributed by atoms with E-state index in [1.807, 2.05) is 61.5 Å². The summed E-state index contributed by atoms with van der Waals surface area (Å²) < 4.78 is 19.1. The lowest BCUT2D eigenvalue weighted by Crippen LogP contribution is -2.30. The number of carbonyl (C=O) groups is 2. The number of hydrogen-bond donors (Lipinski definition) is 0. The molecule has 3 unspecified atom stereocenters. The van der Waals surface area contributed by atoms with Crippen LogP contribution in [0.25, 0.3) is 10.9 Å². The maximum Gasteiger partial charge on any atom is 0.242 e. The quantitative estimate of drug-likeness (QED) is 0.385. The van der Waals surface area contributed by atoms with E-state index in [9.17, 15) is 9.59 Å². The normalized spacial score (nSPS) is 21.5. The van der Waals surface area contributed by atoms with Crippen molar-refractivity contribution in [3.05, 3.63) is 83.4 Å². The number of nitrogens with zero attached hydrogens (tertiary/aromatic N) is 2. The highest BCUT2D eigenvalue weighted by atomic mass is 16.5. The zero-order valence-electron chi connectivity index (χ0n) is 19.9. The molecular formula is C28H26N2O5. The maximum absolute atomic E-state index is 14.0. The summed E-state index contributed by atoms with van der Waals surface area (Å²) in [6.07, 6.45) is 2.13. The number of hydrogen-bond acceptors (Lipinski definition) is 5. The number of carbonyl (C=O) groups excluding carboxylic acids is 2. The van der Waals surface area contributed by atoms with Crippen molar-refractivity contribution in [3.8, 4) is 5.75 Å². The number of methoxy groups -OCH3 is 2. The van der Waals surface area contributed by atoms with E-state index >= 15 is 0 Å². The summed E-state index contributed by atoms with van der Waals surface area (Å²) >= 11 is 0. The van der Waals surface area contributed by atoms with E-state index in [2.05, 4.69) is 4.57 Å². The first-order valence-corrected chi connectivity index (χ1v) is 11.7. The van der Waals surface area contributed by atoms with Gasteiger partial charge < -0.3 is 18.5 Å². The van der Waals surface area contributed by atoms with Gasteiger partial charge in [-0.15, -0.1) is 0 Å². The number of ether oxygens (including phenoxy) is 2. The zero-order chi connectivity index (χ0) is 24.3. The van der Waals surface area contributed by atoms with Crippen LogP contribution in [0.3, 0.4) is 0 Å². The molecule has 4 aromatic rings. The lowest BCUT2D eigenvalue weighted by atomic mass is 9.72. The lowest BCUT2D eigenvalue weighted by molar-refractivity contribution is -0.122. The van der Waals surface area contributed by atoms with Gasteiger partial charge in [0, 0.05) is 18.2 Å². The average Bonchev–Trinajstić information content (AvgIpc) is 3.57. The number of anilines is 1. The van der Waals surface area contributed by atoms with E-state index in [1.54, 1.807) is 20.5 Å². The zero-order valence-corrected chi connectivity index (χ0v) is 19.9. The standard InChI is InChI=1S/C28H26N2O5/c1-16-6-8-17(9-7-16)30-27(31)21-14-20(23-5-4-12-35-23)26-24(25(21)28(30)32)19-13-18(34-3)10-11-22(19)29(26)15-33-2/h4-13,20-21,25H,14-15H2,1-3H3. The molecule has 0 bridgehead atoms. The minimum atomic E-state index is -0.585. The Morgan fingerprint density at radius 2 is 1.83 bits per heavy atom. The second-order valence-electron chi connectivity index (χ2n) is 9.26. The minimum absolute atomic E-state index is 0.165. The van der Waals surface area contributed by atoms with Crippen molar-refractivity contribution in [2.45, 2.75) is 31.9 Å². The molecule has 2 aromatic heterocycles. The van der Waals surface area contributed by atoms with Gasteiger partial charge in [-0.05, 0) is 61.4 Å². The summed E-state index contributed by atoms with van der Waals surface area (Å²) in [5, 5.41) is 0.898. The first-order chi connectivity index (χ1) is 17.0. The number of imide groups is 1. The maximum atomic E-state index is 14.0. The molecule has 2 aromatic carbocycles. The first kappa shape index (κ1) is 21.7. The number of furan rings is 1. The Bertz CT molecular complexity index is 1430. The van der Waals surface area contributed by atoms with Crippen molar-refractivity contribution in [3.63, 3.8) is 0 Å². The van der Waals surface area contributed by atoms with Crippen LogP contribution in [0.2, 0.25) is 0 Å².